The molecule has 0 radical (unpaired) electrons. The van der Waals surface area contributed by atoms with Crippen molar-refractivity contribution in [1.82, 2.24) is 0 Å². The van der Waals surface area contributed by atoms with Crippen LogP contribution in [0, 0.1) is 29.6 Å². The number of hydrogen-bond donors (Lipinski definition) is 1. The maximum absolute atomic E-state index is 12.9. The molecule has 3 rings (SSSR count). The highest BCUT2D eigenvalue weighted by atomic mass is 16.6. The summed E-state index contributed by atoms with van der Waals surface area (Å²) in [6.45, 7) is 4.58. The normalized spacial score (nSPS) is 20.4. The van der Waals surface area contributed by atoms with E-state index in [1.54, 1.807) is 0 Å². The zero-order valence-corrected chi connectivity index (χ0v) is 24.0. The summed E-state index contributed by atoms with van der Waals surface area (Å²) in [5, 5.41) is 11.1. The highest BCUT2D eigenvalue weighted by Crippen LogP contribution is 2.37. The number of esters is 1. The molecule has 39 heavy (non-hydrogen) atoms. The minimum Gasteiger partial charge on any atom is -0.446 e. The zero-order valence-electron chi connectivity index (χ0n) is 24.0. The van der Waals surface area contributed by atoms with Crippen LogP contribution in [0.25, 0.3) is 0 Å². The molecular weight excluding hydrogens is 480 g/mol. The summed E-state index contributed by atoms with van der Waals surface area (Å²) >= 11 is 0. The van der Waals surface area contributed by atoms with Gasteiger partial charge in [-0.25, -0.2) is 0 Å². The van der Waals surface area contributed by atoms with E-state index in [0.29, 0.717) is 32.1 Å². The van der Waals surface area contributed by atoms with Crippen molar-refractivity contribution in [3.05, 3.63) is 71.8 Å². The lowest BCUT2D eigenvalue weighted by Crippen LogP contribution is -2.44. The molecule has 0 bridgehead atoms. The monoisotopic (exact) mass is 526 g/mol. The molecule has 0 spiro atoms. The Hall–Kier alpha value is -3.01. The van der Waals surface area contributed by atoms with E-state index in [2.05, 4.69) is 37.5 Å². The van der Waals surface area contributed by atoms with Crippen LogP contribution in [0.5, 0.6) is 0 Å². The topological polar surface area (TPSA) is 46.5 Å². The van der Waals surface area contributed by atoms with Gasteiger partial charge in [0.1, 0.15) is 5.60 Å². The lowest BCUT2D eigenvalue weighted by atomic mass is 9.76. The van der Waals surface area contributed by atoms with Crippen molar-refractivity contribution in [3.8, 4) is 23.7 Å². The number of carbonyl (C=O) groups excluding carboxylic acids is 1. The van der Waals surface area contributed by atoms with Gasteiger partial charge in [0, 0.05) is 30.4 Å². The molecule has 2 aromatic rings. The fraction of sp³-hybridized carbons (Fsp3) is 0.528. The molecule has 0 amide bonds. The number of ether oxygens (including phenoxy) is 1. The van der Waals surface area contributed by atoms with E-state index in [-0.39, 0.29) is 5.97 Å². The van der Waals surface area contributed by atoms with Crippen molar-refractivity contribution >= 4 is 5.97 Å². The molecule has 1 N–H and O–H groups in total. The van der Waals surface area contributed by atoms with Crippen LogP contribution in [-0.2, 0) is 9.53 Å². The van der Waals surface area contributed by atoms with Crippen molar-refractivity contribution in [2.24, 2.45) is 5.92 Å². The van der Waals surface area contributed by atoms with Gasteiger partial charge in [-0.15, -0.1) is 0 Å². The van der Waals surface area contributed by atoms with Gasteiger partial charge in [-0.3, -0.25) is 4.79 Å². The first-order valence-electron chi connectivity index (χ1n) is 15.0. The van der Waals surface area contributed by atoms with E-state index in [1.807, 2.05) is 60.7 Å². The van der Waals surface area contributed by atoms with Crippen LogP contribution < -0.4 is 0 Å². The lowest BCUT2D eigenvalue weighted by Gasteiger charge is -2.38. The molecule has 2 aromatic carbocycles. The summed E-state index contributed by atoms with van der Waals surface area (Å²) in [5.74, 6) is 13.3. The molecule has 1 aliphatic rings. The molecule has 0 aromatic heterocycles. The first-order valence-corrected chi connectivity index (χ1v) is 15.0. The SMILES string of the molecule is CC(C)CCCCCCCCCCC(=O)OC1(C#Cc2ccccc2)CCC(O)(C#Cc2ccccc2)CC1. The summed E-state index contributed by atoms with van der Waals surface area (Å²) in [6.07, 6.45) is 13.1. The molecule has 0 saturated heterocycles. The third-order valence-corrected chi connectivity index (χ3v) is 7.53. The second-order valence-electron chi connectivity index (χ2n) is 11.5. The molecule has 3 nitrogen and oxygen atoms in total. The van der Waals surface area contributed by atoms with Gasteiger partial charge in [0.2, 0.25) is 0 Å². The van der Waals surface area contributed by atoms with Crippen molar-refractivity contribution in [3.63, 3.8) is 0 Å². The first kappa shape index (κ1) is 30.5. The van der Waals surface area contributed by atoms with Gasteiger partial charge in [-0.2, -0.15) is 0 Å². The van der Waals surface area contributed by atoms with Gasteiger partial charge in [0.05, 0.1) is 0 Å². The molecular formula is C36H46O3. The van der Waals surface area contributed by atoms with Crippen molar-refractivity contribution < 1.29 is 14.6 Å². The Morgan fingerprint density at radius 1 is 0.744 bits per heavy atom. The number of benzene rings is 2. The molecule has 0 heterocycles. The van der Waals surface area contributed by atoms with Gasteiger partial charge in [-0.1, -0.05) is 119 Å². The minimum atomic E-state index is -1.10. The van der Waals surface area contributed by atoms with Crippen LogP contribution in [0.1, 0.15) is 115 Å². The predicted molar refractivity (Wildman–Crippen MR) is 160 cm³/mol. The standard InChI is InChI=1S/C36H46O3/c1-31(2)17-11-7-5-3-4-6-8-16-22-34(37)39-36(26-24-33-20-14-10-15-21-33)29-27-35(38,28-30-36)25-23-32-18-12-9-13-19-32/h9-10,12-15,18-21,31,38H,3-8,11,16-17,22,27-30H2,1-2H3. The molecule has 208 valence electrons. The molecule has 0 aliphatic heterocycles. The Morgan fingerprint density at radius 2 is 1.23 bits per heavy atom. The predicted octanol–water partition coefficient (Wildman–Crippen LogP) is 8.23. The van der Waals surface area contributed by atoms with Crippen LogP contribution in [0.4, 0.5) is 0 Å². The molecule has 0 unspecified atom stereocenters. The van der Waals surface area contributed by atoms with E-state index in [9.17, 15) is 9.90 Å². The molecule has 1 fully saturated rings. The number of hydrogen-bond acceptors (Lipinski definition) is 3. The summed E-state index contributed by atoms with van der Waals surface area (Å²) in [4.78, 5) is 12.9. The Morgan fingerprint density at radius 3 is 1.77 bits per heavy atom. The second-order valence-corrected chi connectivity index (χ2v) is 11.5. The van der Waals surface area contributed by atoms with Crippen LogP contribution in [0.15, 0.2) is 60.7 Å². The largest absolute Gasteiger partial charge is 0.446 e. The van der Waals surface area contributed by atoms with Crippen molar-refractivity contribution in [2.75, 3.05) is 0 Å². The molecule has 0 atom stereocenters. The lowest BCUT2D eigenvalue weighted by molar-refractivity contribution is -0.159. The zero-order chi connectivity index (χ0) is 27.8. The summed E-state index contributed by atoms with van der Waals surface area (Å²) in [6, 6.07) is 19.5. The average molecular weight is 527 g/mol. The van der Waals surface area contributed by atoms with Crippen LogP contribution in [-0.4, -0.2) is 22.3 Å². The summed E-state index contributed by atoms with van der Waals surface area (Å²) in [5.41, 5.74) is -0.218. The fourth-order valence-electron chi connectivity index (χ4n) is 5.01. The molecule has 1 saturated carbocycles. The smallest absolute Gasteiger partial charge is 0.307 e. The number of rotatable bonds is 12. The van der Waals surface area contributed by atoms with Crippen LogP contribution in [0.3, 0.4) is 0 Å². The highest BCUT2D eigenvalue weighted by molar-refractivity contribution is 5.70. The average Bonchev–Trinajstić information content (AvgIpc) is 2.95. The summed E-state index contributed by atoms with van der Waals surface area (Å²) in [7, 11) is 0. The number of unbranched alkanes of at least 4 members (excludes halogenated alkanes) is 7. The maximum atomic E-state index is 12.9. The quantitative estimate of drug-likeness (QED) is 0.172. The van der Waals surface area contributed by atoms with E-state index >= 15 is 0 Å². The van der Waals surface area contributed by atoms with Gasteiger partial charge in [0.15, 0.2) is 5.60 Å². The van der Waals surface area contributed by atoms with Gasteiger partial charge in [-0.05, 0) is 55.4 Å². The first-order chi connectivity index (χ1) is 18.9. The highest BCUT2D eigenvalue weighted by Gasteiger charge is 2.43. The minimum absolute atomic E-state index is 0.188. The Bertz CT molecular complexity index is 1100. The van der Waals surface area contributed by atoms with Crippen LogP contribution >= 0.6 is 0 Å². The van der Waals surface area contributed by atoms with Gasteiger partial charge < -0.3 is 9.84 Å². The summed E-state index contributed by atoms with van der Waals surface area (Å²) < 4.78 is 6.08. The van der Waals surface area contributed by atoms with Crippen molar-refractivity contribution in [2.45, 2.75) is 115 Å². The number of carbonyl (C=O) groups is 1. The molecule has 1 aliphatic carbocycles. The van der Waals surface area contributed by atoms with Gasteiger partial charge >= 0.3 is 5.97 Å². The third kappa shape index (κ3) is 11.7. The Labute approximate surface area is 236 Å². The van der Waals surface area contributed by atoms with E-state index in [4.69, 9.17) is 4.74 Å². The van der Waals surface area contributed by atoms with E-state index in [0.717, 1.165) is 29.9 Å². The Kier molecular flexibility index (Phi) is 12.7. The molecule has 3 heteroatoms. The van der Waals surface area contributed by atoms with Gasteiger partial charge in [0.25, 0.3) is 0 Å². The van der Waals surface area contributed by atoms with E-state index in [1.165, 1.54) is 44.9 Å². The maximum Gasteiger partial charge on any atom is 0.307 e. The van der Waals surface area contributed by atoms with E-state index < -0.39 is 11.2 Å². The van der Waals surface area contributed by atoms with Crippen molar-refractivity contribution in [1.29, 1.82) is 0 Å². The fourth-order valence-corrected chi connectivity index (χ4v) is 5.01. The second kappa shape index (κ2) is 16.2. The van der Waals surface area contributed by atoms with Crippen LogP contribution in [0.2, 0.25) is 0 Å². The third-order valence-electron chi connectivity index (χ3n) is 7.53. The number of aliphatic hydroxyl groups is 1. The Balaban J connectivity index is 1.50.